The molecule has 1 aliphatic carbocycles. The largest absolute Gasteiger partial charge is 0.245 e. The fraction of sp³-hybridized carbons (Fsp3) is 0.429. The van der Waals surface area contributed by atoms with E-state index in [-0.39, 0.29) is 11.1 Å². The first-order valence-corrected chi connectivity index (χ1v) is 6.18. The van der Waals surface area contributed by atoms with Gasteiger partial charge in [-0.05, 0) is 19.1 Å². The second-order valence-corrected chi connectivity index (χ2v) is 5.60. The summed E-state index contributed by atoms with van der Waals surface area (Å²) >= 11 is 0. The molecule has 17 heavy (non-hydrogen) atoms. The van der Waals surface area contributed by atoms with Crippen molar-refractivity contribution in [1.82, 2.24) is 9.78 Å². The van der Waals surface area contributed by atoms with Gasteiger partial charge >= 0.3 is 0 Å². The summed E-state index contributed by atoms with van der Waals surface area (Å²) in [5, 5.41) is 4.55. The molecular formula is C14H16N3+. The van der Waals surface area contributed by atoms with Crippen LogP contribution in [0.5, 0.6) is 0 Å². The van der Waals surface area contributed by atoms with E-state index in [4.69, 9.17) is 0 Å². The minimum atomic E-state index is 0.116. The number of pyridine rings is 1. The van der Waals surface area contributed by atoms with Gasteiger partial charge in [-0.3, -0.25) is 0 Å². The van der Waals surface area contributed by atoms with E-state index in [1.807, 2.05) is 6.20 Å². The molecule has 3 unspecified atom stereocenters. The van der Waals surface area contributed by atoms with Crippen molar-refractivity contribution in [1.29, 1.82) is 0 Å². The minimum absolute atomic E-state index is 0.116. The highest BCUT2D eigenvalue weighted by atomic mass is 15.4. The van der Waals surface area contributed by atoms with E-state index in [1.165, 1.54) is 11.4 Å². The van der Waals surface area contributed by atoms with Gasteiger partial charge in [0.05, 0.1) is 5.92 Å². The molecule has 2 aromatic heterocycles. The molecule has 0 saturated heterocycles. The van der Waals surface area contributed by atoms with E-state index in [0.29, 0.717) is 5.92 Å². The molecule has 1 fully saturated rings. The van der Waals surface area contributed by atoms with Crippen molar-refractivity contribution in [2.24, 2.45) is 5.92 Å². The Bertz CT molecular complexity index is 630. The van der Waals surface area contributed by atoms with E-state index in [9.17, 15) is 0 Å². The van der Waals surface area contributed by atoms with E-state index in [0.717, 1.165) is 0 Å². The molecule has 1 aliphatic heterocycles. The van der Waals surface area contributed by atoms with E-state index >= 15 is 0 Å². The monoisotopic (exact) mass is 226 g/mol. The first kappa shape index (κ1) is 9.40. The zero-order valence-corrected chi connectivity index (χ0v) is 10.4. The number of nitrogens with zero attached hydrogens (tertiary/aromatic N) is 3. The maximum atomic E-state index is 4.55. The number of aromatic nitrogens is 3. The Balaban J connectivity index is 2.15. The standard InChI is InChI=1S/C14H16N3/c1-10-13(2)14(10,3)17-12(7-8-15-17)11-6-4-5-9-16(11)13/h4-10H,1-3H3/q+1. The molecule has 0 radical (unpaired) electrons. The Labute approximate surface area is 101 Å². The average Bonchev–Trinajstić information content (AvgIpc) is 2.78. The summed E-state index contributed by atoms with van der Waals surface area (Å²) in [5.41, 5.74) is 2.78. The Morgan fingerprint density at radius 1 is 1.29 bits per heavy atom. The van der Waals surface area contributed by atoms with Gasteiger partial charge in [-0.1, -0.05) is 6.92 Å². The molecule has 86 valence electrons. The topological polar surface area (TPSA) is 21.7 Å². The number of hydrogen-bond acceptors (Lipinski definition) is 1. The molecule has 3 nitrogen and oxygen atoms in total. The zero-order chi connectivity index (χ0) is 11.8. The lowest BCUT2D eigenvalue weighted by Gasteiger charge is -2.23. The van der Waals surface area contributed by atoms with Crippen molar-refractivity contribution in [3.8, 4) is 11.4 Å². The third-order valence-electron chi connectivity index (χ3n) is 5.33. The van der Waals surface area contributed by atoms with Gasteiger partial charge < -0.3 is 0 Å². The molecule has 0 N–H and O–H groups in total. The van der Waals surface area contributed by atoms with E-state index in [1.54, 1.807) is 0 Å². The Morgan fingerprint density at radius 3 is 2.94 bits per heavy atom. The molecule has 0 aromatic carbocycles. The second-order valence-electron chi connectivity index (χ2n) is 5.60. The molecule has 4 rings (SSSR count). The van der Waals surface area contributed by atoms with Crippen molar-refractivity contribution in [2.45, 2.75) is 31.8 Å². The quantitative estimate of drug-likeness (QED) is 0.629. The van der Waals surface area contributed by atoms with Gasteiger partial charge in [0.15, 0.2) is 11.7 Å². The van der Waals surface area contributed by atoms with Crippen molar-refractivity contribution < 1.29 is 4.57 Å². The first-order chi connectivity index (χ1) is 8.12. The van der Waals surface area contributed by atoms with Crippen molar-refractivity contribution in [2.75, 3.05) is 0 Å². The number of hydrogen-bond donors (Lipinski definition) is 0. The van der Waals surface area contributed by atoms with Gasteiger partial charge in [-0.25, -0.2) is 4.68 Å². The third-order valence-corrected chi connectivity index (χ3v) is 5.33. The summed E-state index contributed by atoms with van der Waals surface area (Å²) in [6.07, 6.45) is 4.11. The van der Waals surface area contributed by atoms with Crippen LogP contribution in [-0.2, 0) is 11.1 Å². The highest BCUT2D eigenvalue weighted by Crippen LogP contribution is 2.64. The minimum Gasteiger partial charge on any atom is -0.245 e. The molecule has 3 atom stereocenters. The van der Waals surface area contributed by atoms with Crippen LogP contribution in [0, 0.1) is 5.92 Å². The predicted molar refractivity (Wildman–Crippen MR) is 64.3 cm³/mol. The molecule has 3 heterocycles. The van der Waals surface area contributed by atoms with Crippen molar-refractivity contribution in [3.05, 3.63) is 36.7 Å². The van der Waals surface area contributed by atoms with Crippen molar-refractivity contribution >= 4 is 0 Å². The lowest BCUT2D eigenvalue weighted by Crippen LogP contribution is -2.54. The Morgan fingerprint density at radius 2 is 2.12 bits per heavy atom. The van der Waals surface area contributed by atoms with Gasteiger partial charge in [-0.2, -0.15) is 9.67 Å². The molecule has 2 aliphatic rings. The van der Waals surface area contributed by atoms with Crippen LogP contribution in [0.4, 0.5) is 0 Å². The molecule has 0 amide bonds. The van der Waals surface area contributed by atoms with Gasteiger partial charge in [0.25, 0.3) is 0 Å². The molecule has 1 saturated carbocycles. The van der Waals surface area contributed by atoms with Gasteiger partial charge in [-0.15, -0.1) is 0 Å². The predicted octanol–water partition coefficient (Wildman–Crippen LogP) is 1.93. The normalized spacial score (nSPS) is 37.0. The van der Waals surface area contributed by atoms with Crippen LogP contribution in [0.25, 0.3) is 11.4 Å². The van der Waals surface area contributed by atoms with Gasteiger partial charge in [0.2, 0.25) is 5.69 Å². The number of fused-ring (bicyclic) bond motifs is 6. The fourth-order valence-corrected chi connectivity index (χ4v) is 3.79. The second kappa shape index (κ2) is 2.45. The van der Waals surface area contributed by atoms with Crippen LogP contribution in [0.15, 0.2) is 36.7 Å². The highest BCUT2D eigenvalue weighted by molar-refractivity contribution is 5.54. The van der Waals surface area contributed by atoms with Gasteiger partial charge in [0.1, 0.15) is 11.2 Å². The zero-order valence-electron chi connectivity index (χ0n) is 10.4. The summed E-state index contributed by atoms with van der Waals surface area (Å²) in [6, 6.07) is 8.51. The van der Waals surface area contributed by atoms with Gasteiger partial charge in [0, 0.05) is 25.3 Å². The number of rotatable bonds is 0. The average molecular weight is 226 g/mol. The van der Waals surface area contributed by atoms with Crippen LogP contribution in [-0.4, -0.2) is 9.78 Å². The lowest BCUT2D eigenvalue weighted by atomic mass is 10.1. The molecular weight excluding hydrogens is 210 g/mol. The summed E-state index contributed by atoms with van der Waals surface area (Å²) < 4.78 is 4.64. The Kier molecular flexibility index (Phi) is 1.35. The Hall–Kier alpha value is -1.64. The summed E-state index contributed by atoms with van der Waals surface area (Å²) in [6.45, 7) is 6.98. The van der Waals surface area contributed by atoms with E-state index in [2.05, 4.69) is 65.6 Å². The summed E-state index contributed by atoms with van der Waals surface area (Å²) in [4.78, 5) is 0. The lowest BCUT2D eigenvalue weighted by molar-refractivity contribution is -0.736. The van der Waals surface area contributed by atoms with Crippen LogP contribution >= 0.6 is 0 Å². The van der Waals surface area contributed by atoms with Crippen molar-refractivity contribution in [3.63, 3.8) is 0 Å². The smallest absolute Gasteiger partial charge is 0.231 e. The van der Waals surface area contributed by atoms with Crippen LogP contribution in [0.1, 0.15) is 20.8 Å². The molecule has 0 spiro atoms. The summed E-state index contributed by atoms with van der Waals surface area (Å²) in [7, 11) is 0. The molecule has 0 bridgehead atoms. The van der Waals surface area contributed by atoms with Crippen LogP contribution in [0.2, 0.25) is 0 Å². The van der Waals surface area contributed by atoms with E-state index < -0.39 is 0 Å². The maximum absolute atomic E-state index is 4.55. The highest BCUT2D eigenvalue weighted by Gasteiger charge is 2.81. The third kappa shape index (κ3) is 0.742. The fourth-order valence-electron chi connectivity index (χ4n) is 3.79. The summed E-state index contributed by atoms with van der Waals surface area (Å²) in [5.74, 6) is 0.599. The SMILES string of the molecule is CC1C2(C)n3nccc3-c3cccc[n+]3C12C. The van der Waals surface area contributed by atoms with Crippen LogP contribution < -0.4 is 4.57 Å². The first-order valence-electron chi connectivity index (χ1n) is 6.18. The molecule has 2 aromatic rings. The molecule has 3 heteroatoms. The van der Waals surface area contributed by atoms with Crippen LogP contribution in [0.3, 0.4) is 0 Å². The maximum Gasteiger partial charge on any atom is 0.231 e.